The molecule has 5 nitrogen and oxygen atoms in total. The largest absolute Gasteiger partial charge is 0.493 e. The topological polar surface area (TPSA) is 64.8 Å². The van der Waals surface area contributed by atoms with Gasteiger partial charge in [0, 0.05) is 20.0 Å². The zero-order valence-electron chi connectivity index (χ0n) is 12.1. The highest BCUT2D eigenvalue weighted by molar-refractivity contribution is 5.75. The van der Waals surface area contributed by atoms with Crippen molar-refractivity contribution < 1.29 is 23.0 Å². The molecule has 0 aromatic heterocycles. The van der Waals surface area contributed by atoms with Crippen molar-refractivity contribution in [3.05, 3.63) is 23.8 Å². The second-order valence-corrected chi connectivity index (χ2v) is 4.51. The van der Waals surface area contributed by atoms with E-state index >= 15 is 0 Å². The van der Waals surface area contributed by atoms with Crippen LogP contribution in [0.15, 0.2) is 18.2 Å². The molecule has 1 rings (SSSR count). The molecule has 0 radical (unpaired) electrons. The number of rotatable bonds is 8. The molecule has 0 unspecified atom stereocenters. The van der Waals surface area contributed by atoms with Crippen LogP contribution in [-0.2, 0) is 11.3 Å². The second kappa shape index (κ2) is 8.41. The number of nitrogens with zero attached hydrogens (tertiary/aromatic N) is 1. The van der Waals surface area contributed by atoms with E-state index in [0.717, 1.165) is 0 Å². The van der Waals surface area contributed by atoms with Crippen molar-refractivity contribution in [1.82, 2.24) is 4.90 Å². The molecule has 2 N–H and O–H groups in total. The van der Waals surface area contributed by atoms with E-state index in [2.05, 4.69) is 4.74 Å². The summed E-state index contributed by atoms with van der Waals surface area (Å²) in [6.07, 6.45) is 0.981. The second-order valence-electron chi connectivity index (χ2n) is 4.51. The number of methoxy groups -OCH3 is 1. The minimum absolute atomic E-state index is 0.0483. The third-order valence-electron chi connectivity index (χ3n) is 2.88. The van der Waals surface area contributed by atoms with Gasteiger partial charge in [-0.1, -0.05) is 6.07 Å². The SMILES string of the molecule is COc1ccc(CN(C)C(=O)CCCN)cc1OC(F)F. The number of hydrogen-bond donors (Lipinski definition) is 1. The highest BCUT2D eigenvalue weighted by Crippen LogP contribution is 2.29. The molecule has 7 heteroatoms. The lowest BCUT2D eigenvalue weighted by molar-refractivity contribution is -0.130. The van der Waals surface area contributed by atoms with Crippen LogP contribution in [0.5, 0.6) is 11.5 Å². The van der Waals surface area contributed by atoms with Crippen molar-refractivity contribution in [2.75, 3.05) is 20.7 Å². The summed E-state index contributed by atoms with van der Waals surface area (Å²) in [6, 6.07) is 4.67. The number of alkyl halides is 2. The highest BCUT2D eigenvalue weighted by atomic mass is 19.3. The summed E-state index contributed by atoms with van der Waals surface area (Å²) in [6.45, 7) is -2.18. The van der Waals surface area contributed by atoms with E-state index in [0.29, 0.717) is 31.5 Å². The van der Waals surface area contributed by atoms with Crippen LogP contribution in [0.25, 0.3) is 0 Å². The Bertz CT molecular complexity index is 470. The predicted octanol–water partition coefficient (Wildman–Crippen LogP) is 1.99. The number of amides is 1. The van der Waals surface area contributed by atoms with Gasteiger partial charge in [-0.2, -0.15) is 8.78 Å². The molecule has 118 valence electrons. The number of benzene rings is 1. The van der Waals surface area contributed by atoms with Crippen molar-refractivity contribution in [3.8, 4) is 11.5 Å². The van der Waals surface area contributed by atoms with Crippen LogP contribution in [0.4, 0.5) is 8.78 Å². The predicted molar refractivity (Wildman–Crippen MR) is 74.4 cm³/mol. The van der Waals surface area contributed by atoms with Crippen LogP contribution in [-0.4, -0.2) is 38.1 Å². The fourth-order valence-electron chi connectivity index (χ4n) is 1.81. The monoisotopic (exact) mass is 302 g/mol. The zero-order chi connectivity index (χ0) is 15.8. The first kappa shape index (κ1) is 17.2. The summed E-state index contributed by atoms with van der Waals surface area (Å²) in [5.74, 6) is 0.122. The molecule has 0 heterocycles. The molecular weight excluding hydrogens is 282 g/mol. The van der Waals surface area contributed by atoms with Crippen molar-refractivity contribution in [2.24, 2.45) is 5.73 Å². The fraction of sp³-hybridized carbons (Fsp3) is 0.500. The number of hydrogen-bond acceptors (Lipinski definition) is 4. The summed E-state index contributed by atoms with van der Waals surface area (Å²) >= 11 is 0. The third kappa shape index (κ3) is 5.55. The van der Waals surface area contributed by atoms with E-state index < -0.39 is 6.61 Å². The minimum atomic E-state index is -2.93. The van der Waals surface area contributed by atoms with Gasteiger partial charge in [0.05, 0.1) is 7.11 Å². The van der Waals surface area contributed by atoms with Gasteiger partial charge in [-0.3, -0.25) is 4.79 Å². The average Bonchev–Trinajstić information content (AvgIpc) is 2.44. The van der Waals surface area contributed by atoms with E-state index in [4.69, 9.17) is 10.5 Å². The molecule has 0 atom stereocenters. The Kier molecular flexibility index (Phi) is 6.87. The van der Waals surface area contributed by atoms with Gasteiger partial charge in [-0.25, -0.2) is 0 Å². The average molecular weight is 302 g/mol. The molecule has 1 amide bonds. The summed E-state index contributed by atoms with van der Waals surface area (Å²) < 4.78 is 34.0. The molecule has 1 aromatic carbocycles. The number of nitrogens with two attached hydrogens (primary N) is 1. The third-order valence-corrected chi connectivity index (χ3v) is 2.88. The molecule has 21 heavy (non-hydrogen) atoms. The highest BCUT2D eigenvalue weighted by Gasteiger charge is 2.13. The normalized spacial score (nSPS) is 10.6. The van der Waals surface area contributed by atoms with E-state index in [1.165, 1.54) is 24.1 Å². The number of halogens is 2. The lowest BCUT2D eigenvalue weighted by atomic mass is 10.2. The molecule has 0 bridgehead atoms. The van der Waals surface area contributed by atoms with Crippen molar-refractivity contribution in [2.45, 2.75) is 26.0 Å². The maximum absolute atomic E-state index is 12.3. The van der Waals surface area contributed by atoms with Gasteiger partial charge < -0.3 is 20.1 Å². The van der Waals surface area contributed by atoms with E-state index in [-0.39, 0.29) is 17.4 Å². The summed E-state index contributed by atoms with van der Waals surface area (Å²) in [4.78, 5) is 13.3. The van der Waals surface area contributed by atoms with Gasteiger partial charge in [-0.05, 0) is 30.7 Å². The Morgan fingerprint density at radius 1 is 1.38 bits per heavy atom. The van der Waals surface area contributed by atoms with Crippen LogP contribution >= 0.6 is 0 Å². The Morgan fingerprint density at radius 3 is 2.67 bits per heavy atom. The number of carbonyl (C=O) groups excluding carboxylic acids is 1. The van der Waals surface area contributed by atoms with Crippen molar-refractivity contribution in [3.63, 3.8) is 0 Å². The van der Waals surface area contributed by atoms with Crippen molar-refractivity contribution >= 4 is 5.91 Å². The van der Waals surface area contributed by atoms with E-state index in [1.54, 1.807) is 13.1 Å². The molecule has 0 saturated carbocycles. The van der Waals surface area contributed by atoms with E-state index in [1.807, 2.05) is 0 Å². The maximum atomic E-state index is 12.3. The smallest absolute Gasteiger partial charge is 0.387 e. The maximum Gasteiger partial charge on any atom is 0.387 e. The Morgan fingerprint density at radius 2 is 2.10 bits per heavy atom. The van der Waals surface area contributed by atoms with Gasteiger partial charge >= 0.3 is 6.61 Å². The van der Waals surface area contributed by atoms with Crippen LogP contribution in [0, 0.1) is 0 Å². The Labute approximate surface area is 122 Å². The molecule has 0 aliphatic heterocycles. The molecule has 0 aliphatic carbocycles. The first-order valence-corrected chi connectivity index (χ1v) is 6.53. The summed E-state index contributed by atoms with van der Waals surface area (Å²) in [5.41, 5.74) is 6.03. The van der Waals surface area contributed by atoms with Gasteiger partial charge in [0.25, 0.3) is 0 Å². The molecule has 0 aliphatic rings. The van der Waals surface area contributed by atoms with Crippen LogP contribution in [0.2, 0.25) is 0 Å². The van der Waals surface area contributed by atoms with Crippen LogP contribution in [0.1, 0.15) is 18.4 Å². The Balaban J connectivity index is 2.77. The minimum Gasteiger partial charge on any atom is -0.493 e. The lowest BCUT2D eigenvalue weighted by Crippen LogP contribution is -2.26. The standard InChI is InChI=1S/C14H20F2N2O3/c1-18(13(19)4-3-7-17)9-10-5-6-11(20-2)12(8-10)21-14(15)16/h5-6,8,14H,3-4,7,9,17H2,1-2H3. The zero-order valence-corrected chi connectivity index (χ0v) is 12.1. The quantitative estimate of drug-likeness (QED) is 0.797. The summed E-state index contributed by atoms with van der Waals surface area (Å²) in [7, 11) is 3.02. The number of ether oxygens (including phenoxy) is 2. The lowest BCUT2D eigenvalue weighted by Gasteiger charge is -2.18. The fourth-order valence-corrected chi connectivity index (χ4v) is 1.81. The van der Waals surface area contributed by atoms with Gasteiger partial charge in [0.15, 0.2) is 11.5 Å². The summed E-state index contributed by atoms with van der Waals surface area (Å²) in [5, 5.41) is 0. The first-order chi connectivity index (χ1) is 9.97. The molecular formula is C14H20F2N2O3. The molecule has 1 aromatic rings. The Hall–Kier alpha value is -1.89. The van der Waals surface area contributed by atoms with Gasteiger partial charge in [0.2, 0.25) is 5.91 Å². The molecule has 0 saturated heterocycles. The number of carbonyl (C=O) groups is 1. The van der Waals surface area contributed by atoms with Crippen LogP contribution in [0.3, 0.4) is 0 Å². The van der Waals surface area contributed by atoms with Crippen LogP contribution < -0.4 is 15.2 Å². The van der Waals surface area contributed by atoms with Crippen molar-refractivity contribution in [1.29, 1.82) is 0 Å². The van der Waals surface area contributed by atoms with Gasteiger partial charge in [-0.15, -0.1) is 0 Å². The molecule has 0 spiro atoms. The first-order valence-electron chi connectivity index (χ1n) is 6.53. The molecule has 0 fully saturated rings. The van der Waals surface area contributed by atoms with E-state index in [9.17, 15) is 13.6 Å². The van der Waals surface area contributed by atoms with Gasteiger partial charge in [0.1, 0.15) is 0 Å².